The summed E-state index contributed by atoms with van der Waals surface area (Å²) in [4.78, 5) is 0. The summed E-state index contributed by atoms with van der Waals surface area (Å²) in [6.07, 6.45) is 4.69. The molecular formula is C22H28O3. The average molecular weight is 340 g/mol. The molecule has 3 nitrogen and oxygen atoms in total. The highest BCUT2D eigenvalue weighted by atomic mass is 16.5. The Morgan fingerprint density at radius 1 is 1.08 bits per heavy atom. The lowest BCUT2D eigenvalue weighted by atomic mass is 9.92. The maximum atomic E-state index is 9.86. The Labute approximate surface area is 150 Å². The third kappa shape index (κ3) is 4.56. The van der Waals surface area contributed by atoms with Crippen LogP contribution in [0.1, 0.15) is 41.2 Å². The molecule has 0 bridgehead atoms. The molecule has 0 aromatic heterocycles. The molecule has 2 rings (SSSR count). The molecule has 2 N–H and O–H groups in total. The first-order chi connectivity index (χ1) is 11.8. The lowest BCUT2D eigenvalue weighted by Gasteiger charge is -2.16. The number of benzene rings is 2. The summed E-state index contributed by atoms with van der Waals surface area (Å²) in [6.45, 7) is 8.50. The van der Waals surface area contributed by atoms with Crippen LogP contribution in [-0.2, 0) is 12.8 Å². The summed E-state index contributed by atoms with van der Waals surface area (Å²) in [5, 5.41) is 19.4. The Balaban J connectivity index is 2.08. The molecule has 2 aromatic rings. The van der Waals surface area contributed by atoms with E-state index < -0.39 is 0 Å². The second kappa shape index (κ2) is 8.11. The third-order valence-electron chi connectivity index (χ3n) is 4.93. The molecule has 0 atom stereocenters. The van der Waals surface area contributed by atoms with Crippen LogP contribution < -0.4 is 4.74 Å². The number of allylic oxidation sites excluding steroid dienone is 2. The van der Waals surface area contributed by atoms with E-state index in [4.69, 9.17) is 4.74 Å². The van der Waals surface area contributed by atoms with Crippen LogP contribution in [0.15, 0.2) is 35.9 Å². The molecule has 0 aliphatic rings. The zero-order valence-electron chi connectivity index (χ0n) is 15.8. The Morgan fingerprint density at radius 2 is 1.80 bits per heavy atom. The van der Waals surface area contributed by atoms with E-state index >= 15 is 0 Å². The van der Waals surface area contributed by atoms with Crippen molar-refractivity contribution in [3.8, 4) is 17.2 Å². The van der Waals surface area contributed by atoms with Crippen LogP contribution in [0.25, 0.3) is 0 Å². The Morgan fingerprint density at radius 3 is 2.48 bits per heavy atom. The van der Waals surface area contributed by atoms with Crippen molar-refractivity contribution < 1.29 is 14.9 Å². The lowest BCUT2D eigenvalue weighted by Crippen LogP contribution is -2.00. The van der Waals surface area contributed by atoms with Gasteiger partial charge in [0.1, 0.15) is 17.2 Å². The van der Waals surface area contributed by atoms with Gasteiger partial charge in [-0.25, -0.2) is 0 Å². The molecule has 0 fully saturated rings. The Kier molecular flexibility index (Phi) is 6.13. The molecule has 0 amide bonds. The van der Waals surface area contributed by atoms with Crippen LogP contribution in [0, 0.1) is 20.8 Å². The minimum atomic E-state index is 0.179. The highest BCUT2D eigenvalue weighted by Crippen LogP contribution is 2.29. The zero-order valence-corrected chi connectivity index (χ0v) is 15.8. The average Bonchev–Trinajstić information content (AvgIpc) is 2.58. The van der Waals surface area contributed by atoms with Gasteiger partial charge in [0.15, 0.2) is 0 Å². The Hall–Kier alpha value is -2.42. The first kappa shape index (κ1) is 18.9. The molecule has 2 aromatic carbocycles. The van der Waals surface area contributed by atoms with Gasteiger partial charge in [0, 0.05) is 5.56 Å². The molecule has 0 radical (unpaired) electrons. The molecular weight excluding hydrogens is 312 g/mol. The number of ether oxygens (including phenoxy) is 1. The number of aryl methyl sites for hydroxylation is 1. The van der Waals surface area contributed by atoms with Gasteiger partial charge in [-0.05, 0) is 93.5 Å². The van der Waals surface area contributed by atoms with E-state index in [0.29, 0.717) is 6.42 Å². The van der Waals surface area contributed by atoms with Crippen molar-refractivity contribution in [2.45, 2.75) is 47.0 Å². The van der Waals surface area contributed by atoms with Crippen LogP contribution in [-0.4, -0.2) is 17.3 Å². The van der Waals surface area contributed by atoms with Crippen LogP contribution >= 0.6 is 0 Å². The largest absolute Gasteiger partial charge is 0.508 e. The van der Waals surface area contributed by atoms with Crippen LogP contribution in [0.3, 0.4) is 0 Å². The predicted octanol–water partition coefficient (Wildman–Crippen LogP) is 5.15. The lowest BCUT2D eigenvalue weighted by molar-refractivity contribution is 0.410. The van der Waals surface area contributed by atoms with Crippen molar-refractivity contribution in [2.75, 3.05) is 7.11 Å². The van der Waals surface area contributed by atoms with Crippen molar-refractivity contribution in [1.29, 1.82) is 0 Å². The fraction of sp³-hybridized carbons (Fsp3) is 0.364. The maximum absolute atomic E-state index is 9.86. The molecule has 0 heterocycles. The fourth-order valence-corrected chi connectivity index (χ4v) is 3.14. The van der Waals surface area contributed by atoms with E-state index in [1.165, 1.54) is 40.0 Å². The van der Waals surface area contributed by atoms with Crippen LogP contribution in [0.5, 0.6) is 17.2 Å². The second-order valence-electron chi connectivity index (χ2n) is 6.69. The Bertz CT molecular complexity index is 788. The summed E-state index contributed by atoms with van der Waals surface area (Å²) in [5.74, 6) is 1.35. The molecule has 0 aliphatic heterocycles. The number of hydrogen-bond donors (Lipinski definition) is 2. The van der Waals surface area contributed by atoms with Crippen molar-refractivity contribution in [3.63, 3.8) is 0 Å². The van der Waals surface area contributed by atoms with Gasteiger partial charge in [-0.15, -0.1) is 0 Å². The van der Waals surface area contributed by atoms with Crippen molar-refractivity contribution in [3.05, 3.63) is 63.7 Å². The topological polar surface area (TPSA) is 49.7 Å². The molecule has 25 heavy (non-hydrogen) atoms. The molecule has 0 saturated carbocycles. The number of methoxy groups -OCH3 is 1. The quantitative estimate of drug-likeness (QED) is 0.564. The monoisotopic (exact) mass is 340 g/mol. The van der Waals surface area contributed by atoms with E-state index in [9.17, 15) is 10.2 Å². The second-order valence-corrected chi connectivity index (χ2v) is 6.69. The molecule has 0 saturated heterocycles. The number of phenolic OH excluding ortho intramolecular Hbond substituents is 2. The van der Waals surface area contributed by atoms with Crippen molar-refractivity contribution in [2.24, 2.45) is 0 Å². The number of rotatable bonds is 6. The van der Waals surface area contributed by atoms with Gasteiger partial charge in [0.2, 0.25) is 0 Å². The minimum absolute atomic E-state index is 0.179. The third-order valence-corrected chi connectivity index (χ3v) is 4.93. The fourth-order valence-electron chi connectivity index (χ4n) is 3.14. The maximum Gasteiger partial charge on any atom is 0.122 e. The number of phenols is 2. The van der Waals surface area contributed by atoms with Crippen molar-refractivity contribution >= 4 is 0 Å². The highest BCUT2D eigenvalue weighted by molar-refractivity contribution is 5.48. The van der Waals surface area contributed by atoms with Gasteiger partial charge in [0.25, 0.3) is 0 Å². The summed E-state index contributed by atoms with van der Waals surface area (Å²) in [7, 11) is 1.71. The highest BCUT2D eigenvalue weighted by Gasteiger charge is 2.10. The molecule has 0 aliphatic carbocycles. The van der Waals surface area contributed by atoms with Crippen LogP contribution in [0.4, 0.5) is 0 Å². The normalized spacial score (nSPS) is 11.6. The molecule has 134 valence electrons. The minimum Gasteiger partial charge on any atom is -0.508 e. The standard InChI is InChI=1S/C22H28O3/c1-14(6-8-18-13-19(23)9-11-21(18)24)7-10-20-15(2)12-22(25-5)17(4)16(20)3/h6,9,11-13,23-24H,7-8,10H2,1-5H3/b14-6+. The first-order valence-corrected chi connectivity index (χ1v) is 8.63. The first-order valence-electron chi connectivity index (χ1n) is 8.63. The van der Waals surface area contributed by atoms with Gasteiger partial charge < -0.3 is 14.9 Å². The van der Waals surface area contributed by atoms with Crippen LogP contribution in [0.2, 0.25) is 0 Å². The molecule has 3 heteroatoms. The number of aromatic hydroxyl groups is 2. The van der Waals surface area contributed by atoms with Crippen molar-refractivity contribution in [1.82, 2.24) is 0 Å². The SMILES string of the molecule is COc1cc(C)c(CC/C(C)=C/Cc2cc(O)ccc2O)c(C)c1C. The van der Waals surface area contributed by atoms with Gasteiger partial charge in [-0.2, -0.15) is 0 Å². The van der Waals surface area contributed by atoms with E-state index in [0.717, 1.165) is 24.2 Å². The summed E-state index contributed by atoms with van der Waals surface area (Å²) < 4.78 is 5.44. The van der Waals surface area contributed by atoms with Gasteiger partial charge in [-0.1, -0.05) is 11.6 Å². The number of hydrogen-bond acceptors (Lipinski definition) is 3. The molecule has 0 unspecified atom stereocenters. The predicted molar refractivity (Wildman–Crippen MR) is 103 cm³/mol. The van der Waals surface area contributed by atoms with Gasteiger partial charge in [-0.3, -0.25) is 0 Å². The van der Waals surface area contributed by atoms with Gasteiger partial charge >= 0.3 is 0 Å². The van der Waals surface area contributed by atoms with E-state index in [1.54, 1.807) is 13.2 Å². The van der Waals surface area contributed by atoms with E-state index in [-0.39, 0.29) is 11.5 Å². The summed E-state index contributed by atoms with van der Waals surface area (Å²) in [5.41, 5.74) is 7.16. The molecule has 0 spiro atoms. The smallest absolute Gasteiger partial charge is 0.122 e. The summed E-state index contributed by atoms with van der Waals surface area (Å²) in [6, 6.07) is 6.75. The zero-order chi connectivity index (χ0) is 18.6. The van der Waals surface area contributed by atoms with E-state index in [2.05, 4.69) is 39.8 Å². The summed E-state index contributed by atoms with van der Waals surface area (Å²) >= 11 is 0. The van der Waals surface area contributed by atoms with Gasteiger partial charge in [0.05, 0.1) is 7.11 Å². The van der Waals surface area contributed by atoms with E-state index in [1.807, 2.05) is 0 Å².